The minimum atomic E-state index is -1.22. The zero-order valence-corrected chi connectivity index (χ0v) is 12.1. The number of nitrogens with one attached hydrogen (secondary N) is 1. The van der Waals surface area contributed by atoms with E-state index in [-0.39, 0.29) is 16.6 Å². The van der Waals surface area contributed by atoms with E-state index in [2.05, 4.69) is 20.2 Å². The van der Waals surface area contributed by atoms with Crippen LogP contribution in [0.2, 0.25) is 0 Å². The van der Waals surface area contributed by atoms with Gasteiger partial charge < -0.3 is 0 Å². The molecule has 0 aliphatic heterocycles. The van der Waals surface area contributed by atoms with E-state index >= 15 is 0 Å². The van der Waals surface area contributed by atoms with Crippen molar-refractivity contribution in [3.8, 4) is 5.82 Å². The molecule has 0 saturated carbocycles. The molecule has 0 amide bonds. The fraction of sp³-hybridized carbons (Fsp3) is 0.0714. The fourth-order valence-corrected chi connectivity index (χ4v) is 2.52. The van der Waals surface area contributed by atoms with Crippen LogP contribution in [-0.4, -0.2) is 29.5 Å². The van der Waals surface area contributed by atoms with Gasteiger partial charge in [0.15, 0.2) is 23.1 Å². The highest BCUT2D eigenvalue weighted by molar-refractivity contribution is 5.84. The van der Waals surface area contributed by atoms with Crippen molar-refractivity contribution in [1.82, 2.24) is 29.5 Å². The Morgan fingerprint density at radius 3 is 2.50 bits per heavy atom. The van der Waals surface area contributed by atoms with Crippen LogP contribution in [0.4, 0.5) is 8.78 Å². The molecule has 4 rings (SSSR count). The van der Waals surface area contributed by atoms with Crippen LogP contribution in [0, 0.1) is 11.6 Å². The molecule has 0 saturated heterocycles. The van der Waals surface area contributed by atoms with E-state index in [1.807, 2.05) is 0 Å². The standard InChI is InChI=1S/C14H8F2N6O2/c1-21-11-8(4-19-21)12(18-5-17-11)22-14(24)7-3-10(16)9(15)2-6(7)13(23)20-22/h2-5H,1H3,(H,20,23). The van der Waals surface area contributed by atoms with E-state index in [0.29, 0.717) is 23.2 Å². The summed E-state index contributed by atoms with van der Waals surface area (Å²) >= 11 is 0. The number of hydrogen-bond acceptors (Lipinski definition) is 5. The Kier molecular flexibility index (Phi) is 2.82. The van der Waals surface area contributed by atoms with Gasteiger partial charge in [0.2, 0.25) is 0 Å². The molecule has 3 heterocycles. The zero-order valence-electron chi connectivity index (χ0n) is 12.1. The van der Waals surface area contributed by atoms with Crippen LogP contribution >= 0.6 is 0 Å². The lowest BCUT2D eigenvalue weighted by molar-refractivity contribution is 0.510. The Hall–Kier alpha value is -3.43. The van der Waals surface area contributed by atoms with Gasteiger partial charge in [-0.3, -0.25) is 19.4 Å². The number of benzene rings is 1. The van der Waals surface area contributed by atoms with Crippen LogP contribution in [0.1, 0.15) is 0 Å². The van der Waals surface area contributed by atoms with Crippen molar-refractivity contribution in [1.29, 1.82) is 0 Å². The smallest absolute Gasteiger partial charge is 0.267 e. The highest BCUT2D eigenvalue weighted by Gasteiger charge is 2.16. The largest absolute Gasteiger partial charge is 0.279 e. The van der Waals surface area contributed by atoms with Crippen molar-refractivity contribution in [2.45, 2.75) is 0 Å². The molecule has 1 N–H and O–H groups in total. The normalized spacial score (nSPS) is 11.5. The first kappa shape index (κ1) is 14.2. The third-order valence-electron chi connectivity index (χ3n) is 3.67. The molecule has 120 valence electrons. The lowest BCUT2D eigenvalue weighted by atomic mass is 10.2. The van der Waals surface area contributed by atoms with Gasteiger partial charge in [-0.15, -0.1) is 0 Å². The maximum atomic E-state index is 13.5. The van der Waals surface area contributed by atoms with Crippen LogP contribution in [-0.2, 0) is 7.05 Å². The highest BCUT2D eigenvalue weighted by Crippen LogP contribution is 2.16. The zero-order chi connectivity index (χ0) is 17.0. The Balaban J connectivity index is 2.14. The van der Waals surface area contributed by atoms with Gasteiger partial charge in [0, 0.05) is 7.05 Å². The number of rotatable bonds is 1. The summed E-state index contributed by atoms with van der Waals surface area (Å²) in [4.78, 5) is 32.8. The second-order valence-electron chi connectivity index (χ2n) is 5.10. The number of hydrogen-bond donors (Lipinski definition) is 1. The van der Waals surface area contributed by atoms with Crippen molar-refractivity contribution in [3.05, 3.63) is 57.0 Å². The summed E-state index contributed by atoms with van der Waals surface area (Å²) in [6.45, 7) is 0. The van der Waals surface area contributed by atoms with Gasteiger partial charge in [0.05, 0.1) is 22.4 Å². The molecule has 10 heteroatoms. The quantitative estimate of drug-likeness (QED) is 0.552. The summed E-state index contributed by atoms with van der Waals surface area (Å²) in [5, 5.41) is 6.25. The first-order chi connectivity index (χ1) is 11.5. The topological polar surface area (TPSA) is 98.5 Å². The number of halogens is 2. The maximum absolute atomic E-state index is 13.5. The van der Waals surface area contributed by atoms with Crippen molar-refractivity contribution in [2.24, 2.45) is 7.05 Å². The average molecular weight is 330 g/mol. The molecule has 0 aliphatic rings. The second-order valence-corrected chi connectivity index (χ2v) is 5.10. The van der Waals surface area contributed by atoms with Crippen molar-refractivity contribution in [2.75, 3.05) is 0 Å². The van der Waals surface area contributed by atoms with Gasteiger partial charge >= 0.3 is 0 Å². The molecule has 24 heavy (non-hydrogen) atoms. The number of fused-ring (bicyclic) bond motifs is 2. The highest BCUT2D eigenvalue weighted by atomic mass is 19.2. The molecule has 0 spiro atoms. The van der Waals surface area contributed by atoms with Crippen molar-refractivity contribution >= 4 is 21.8 Å². The predicted molar refractivity (Wildman–Crippen MR) is 79.9 cm³/mol. The van der Waals surface area contributed by atoms with Gasteiger partial charge in [0.25, 0.3) is 11.1 Å². The third kappa shape index (κ3) is 1.86. The van der Waals surface area contributed by atoms with Crippen LogP contribution in [0.15, 0.2) is 34.2 Å². The maximum Gasteiger partial charge on any atom is 0.279 e. The van der Waals surface area contributed by atoms with Gasteiger partial charge in [-0.1, -0.05) is 0 Å². The number of aromatic amines is 1. The Bertz CT molecular complexity index is 1240. The summed E-state index contributed by atoms with van der Waals surface area (Å²) in [5.74, 6) is -2.34. The van der Waals surface area contributed by atoms with E-state index in [1.165, 1.54) is 17.2 Å². The molecule has 0 fully saturated rings. The Labute approximate surface area is 131 Å². The first-order valence-corrected chi connectivity index (χ1v) is 6.74. The van der Waals surface area contributed by atoms with Crippen LogP contribution < -0.4 is 11.1 Å². The SMILES string of the molecule is Cn1ncc2c(-n3[nH]c(=O)c4cc(F)c(F)cc4c3=O)ncnc21. The summed E-state index contributed by atoms with van der Waals surface area (Å²) in [6.07, 6.45) is 2.64. The molecule has 1 aromatic carbocycles. The van der Waals surface area contributed by atoms with Gasteiger partial charge in [-0.2, -0.15) is 9.78 Å². The van der Waals surface area contributed by atoms with E-state index in [0.717, 1.165) is 4.68 Å². The first-order valence-electron chi connectivity index (χ1n) is 6.74. The minimum Gasteiger partial charge on any atom is -0.267 e. The predicted octanol–water partition coefficient (Wildman–Crippen LogP) is 0.634. The van der Waals surface area contributed by atoms with Crippen molar-refractivity contribution in [3.63, 3.8) is 0 Å². The number of aryl methyl sites for hydroxylation is 1. The molecule has 0 aliphatic carbocycles. The number of nitrogens with zero attached hydrogens (tertiary/aromatic N) is 5. The van der Waals surface area contributed by atoms with Gasteiger partial charge in [-0.25, -0.2) is 18.7 Å². The Morgan fingerprint density at radius 2 is 1.75 bits per heavy atom. The molecule has 0 unspecified atom stereocenters. The number of H-pyrrole nitrogens is 1. The average Bonchev–Trinajstić information content (AvgIpc) is 2.94. The van der Waals surface area contributed by atoms with Gasteiger partial charge in [-0.05, 0) is 12.1 Å². The molecule has 0 bridgehead atoms. The van der Waals surface area contributed by atoms with E-state index < -0.39 is 22.8 Å². The monoisotopic (exact) mass is 330 g/mol. The molecular weight excluding hydrogens is 322 g/mol. The fourth-order valence-electron chi connectivity index (χ4n) is 2.52. The van der Waals surface area contributed by atoms with E-state index in [9.17, 15) is 18.4 Å². The summed E-state index contributed by atoms with van der Waals surface area (Å²) < 4.78 is 29.1. The molecule has 0 atom stereocenters. The van der Waals surface area contributed by atoms with Crippen molar-refractivity contribution < 1.29 is 8.78 Å². The van der Waals surface area contributed by atoms with Crippen LogP contribution in [0.3, 0.4) is 0 Å². The minimum absolute atomic E-state index is 0.0850. The van der Waals surface area contributed by atoms with Gasteiger partial charge in [0.1, 0.15) is 6.33 Å². The Morgan fingerprint density at radius 1 is 1.04 bits per heavy atom. The molecule has 3 aromatic heterocycles. The molecular formula is C14H8F2N6O2. The van der Waals surface area contributed by atoms with E-state index in [1.54, 1.807) is 7.05 Å². The molecule has 4 aromatic rings. The summed E-state index contributed by atoms with van der Waals surface area (Å²) in [6, 6.07) is 1.38. The molecule has 0 radical (unpaired) electrons. The summed E-state index contributed by atoms with van der Waals surface area (Å²) in [5.41, 5.74) is -1.05. The lowest BCUT2D eigenvalue weighted by Gasteiger charge is -2.07. The number of aromatic nitrogens is 6. The lowest BCUT2D eigenvalue weighted by Crippen LogP contribution is -2.29. The van der Waals surface area contributed by atoms with E-state index in [4.69, 9.17) is 0 Å². The molecule has 8 nitrogen and oxygen atoms in total. The third-order valence-corrected chi connectivity index (χ3v) is 3.67. The second kappa shape index (κ2) is 4.78. The summed E-state index contributed by atoms with van der Waals surface area (Å²) in [7, 11) is 1.66. The van der Waals surface area contributed by atoms with Crippen LogP contribution in [0.5, 0.6) is 0 Å². The van der Waals surface area contributed by atoms with Crippen LogP contribution in [0.25, 0.3) is 27.6 Å².